The van der Waals surface area contributed by atoms with Crippen LogP contribution in [0.2, 0.25) is 0 Å². The predicted molar refractivity (Wildman–Crippen MR) is 75.1 cm³/mol. The van der Waals surface area contributed by atoms with Crippen molar-refractivity contribution in [3.63, 3.8) is 0 Å². The Kier molecular flexibility index (Phi) is 8.28. The highest BCUT2D eigenvalue weighted by Gasteiger charge is 2.29. The van der Waals surface area contributed by atoms with Gasteiger partial charge in [0.2, 0.25) is 5.91 Å². The number of amides is 1. The van der Waals surface area contributed by atoms with Crippen LogP contribution in [0.5, 0.6) is 0 Å². The number of rotatable bonds is 9. The summed E-state index contributed by atoms with van der Waals surface area (Å²) >= 11 is 0. The molecule has 0 spiro atoms. The molecule has 0 aliphatic heterocycles. The van der Waals surface area contributed by atoms with Crippen molar-refractivity contribution in [1.29, 1.82) is 0 Å². The summed E-state index contributed by atoms with van der Waals surface area (Å²) < 4.78 is 0. The van der Waals surface area contributed by atoms with E-state index in [9.17, 15) is 4.79 Å². The molecule has 0 aromatic heterocycles. The van der Waals surface area contributed by atoms with Crippen molar-refractivity contribution in [3.8, 4) is 0 Å². The third-order valence-corrected chi connectivity index (χ3v) is 3.56. The lowest BCUT2D eigenvalue weighted by Crippen LogP contribution is -2.41. The van der Waals surface area contributed by atoms with E-state index in [1.54, 1.807) is 0 Å². The first-order chi connectivity index (χ1) is 7.99. The van der Waals surface area contributed by atoms with E-state index in [4.69, 9.17) is 0 Å². The van der Waals surface area contributed by atoms with Gasteiger partial charge in [-0.3, -0.25) is 4.79 Å². The van der Waals surface area contributed by atoms with E-state index in [0.29, 0.717) is 5.91 Å². The number of unbranched alkanes of at least 4 members (excludes halogenated alkanes) is 3. The van der Waals surface area contributed by atoms with Crippen molar-refractivity contribution in [2.24, 2.45) is 5.41 Å². The Morgan fingerprint density at radius 3 is 1.94 bits per heavy atom. The maximum Gasteiger partial charge on any atom is 0.228 e. The highest BCUT2D eigenvalue weighted by Crippen LogP contribution is 2.23. The van der Waals surface area contributed by atoms with E-state index >= 15 is 0 Å². The van der Waals surface area contributed by atoms with Gasteiger partial charge >= 0.3 is 0 Å². The average Bonchev–Trinajstić information content (AvgIpc) is 2.32. The third kappa shape index (κ3) is 6.09. The molecule has 0 rings (SSSR count). The van der Waals surface area contributed by atoms with Crippen LogP contribution in [0.25, 0.3) is 0 Å². The fourth-order valence-electron chi connectivity index (χ4n) is 1.80. The Morgan fingerprint density at radius 1 is 0.941 bits per heavy atom. The molecule has 2 nitrogen and oxygen atoms in total. The van der Waals surface area contributed by atoms with Crippen molar-refractivity contribution in [2.45, 2.75) is 73.1 Å². The molecule has 0 atom stereocenters. The Balaban J connectivity index is 4.39. The zero-order chi connectivity index (χ0) is 13.3. The second kappa shape index (κ2) is 8.54. The SMILES string of the molecule is CCCCCN(CCCC)C(=O)C(C)(C)CC. The van der Waals surface area contributed by atoms with Gasteiger partial charge in [-0.1, -0.05) is 53.9 Å². The van der Waals surface area contributed by atoms with Gasteiger partial charge < -0.3 is 4.90 Å². The minimum Gasteiger partial charge on any atom is -0.342 e. The second-order valence-electron chi connectivity index (χ2n) is 5.59. The van der Waals surface area contributed by atoms with E-state index in [2.05, 4.69) is 39.5 Å². The van der Waals surface area contributed by atoms with Gasteiger partial charge in [0.25, 0.3) is 0 Å². The fourth-order valence-corrected chi connectivity index (χ4v) is 1.80. The molecule has 0 fully saturated rings. The fraction of sp³-hybridized carbons (Fsp3) is 0.933. The lowest BCUT2D eigenvalue weighted by atomic mass is 9.88. The van der Waals surface area contributed by atoms with Crippen LogP contribution in [0.3, 0.4) is 0 Å². The topological polar surface area (TPSA) is 20.3 Å². The molecule has 0 saturated heterocycles. The van der Waals surface area contributed by atoms with Gasteiger partial charge in [0.15, 0.2) is 0 Å². The van der Waals surface area contributed by atoms with Gasteiger partial charge in [0.1, 0.15) is 0 Å². The van der Waals surface area contributed by atoms with E-state index in [0.717, 1.165) is 38.8 Å². The van der Waals surface area contributed by atoms with Gasteiger partial charge in [-0.25, -0.2) is 0 Å². The molecular weight excluding hydrogens is 210 g/mol. The van der Waals surface area contributed by atoms with E-state index < -0.39 is 0 Å². The average molecular weight is 241 g/mol. The van der Waals surface area contributed by atoms with Crippen LogP contribution in [0.1, 0.15) is 73.1 Å². The quantitative estimate of drug-likeness (QED) is 0.553. The summed E-state index contributed by atoms with van der Waals surface area (Å²) in [7, 11) is 0. The summed E-state index contributed by atoms with van der Waals surface area (Å²) in [5, 5.41) is 0. The van der Waals surface area contributed by atoms with Crippen molar-refractivity contribution in [3.05, 3.63) is 0 Å². The highest BCUT2D eigenvalue weighted by molar-refractivity contribution is 5.81. The summed E-state index contributed by atoms with van der Waals surface area (Å²) in [5.74, 6) is 0.338. The van der Waals surface area contributed by atoms with Crippen LogP contribution in [-0.4, -0.2) is 23.9 Å². The third-order valence-electron chi connectivity index (χ3n) is 3.56. The van der Waals surface area contributed by atoms with Crippen LogP contribution >= 0.6 is 0 Å². The maximum atomic E-state index is 12.4. The molecule has 0 unspecified atom stereocenters. The molecule has 0 N–H and O–H groups in total. The number of nitrogens with zero attached hydrogens (tertiary/aromatic N) is 1. The molecule has 1 amide bonds. The molecule has 0 aromatic rings. The lowest BCUT2D eigenvalue weighted by molar-refractivity contribution is -0.140. The minimum atomic E-state index is -0.194. The van der Waals surface area contributed by atoms with Gasteiger partial charge in [0.05, 0.1) is 0 Å². The summed E-state index contributed by atoms with van der Waals surface area (Å²) in [4.78, 5) is 14.5. The van der Waals surface area contributed by atoms with Crippen LogP contribution in [0.4, 0.5) is 0 Å². The summed E-state index contributed by atoms with van der Waals surface area (Å²) in [5.41, 5.74) is -0.194. The summed E-state index contributed by atoms with van der Waals surface area (Å²) in [6, 6.07) is 0. The van der Waals surface area contributed by atoms with Crippen molar-refractivity contribution < 1.29 is 4.79 Å². The summed E-state index contributed by atoms with van der Waals surface area (Å²) in [6.07, 6.45) is 6.78. The first-order valence-electron chi connectivity index (χ1n) is 7.29. The van der Waals surface area contributed by atoms with E-state index in [-0.39, 0.29) is 5.41 Å². The highest BCUT2D eigenvalue weighted by atomic mass is 16.2. The van der Waals surface area contributed by atoms with Crippen molar-refractivity contribution >= 4 is 5.91 Å². The Bertz CT molecular complexity index is 211. The molecule has 0 aromatic carbocycles. The first kappa shape index (κ1) is 16.5. The van der Waals surface area contributed by atoms with Gasteiger partial charge in [-0.2, -0.15) is 0 Å². The maximum absolute atomic E-state index is 12.4. The molecule has 17 heavy (non-hydrogen) atoms. The molecule has 0 aliphatic carbocycles. The smallest absolute Gasteiger partial charge is 0.228 e. The van der Waals surface area contributed by atoms with Gasteiger partial charge in [-0.05, 0) is 19.3 Å². The number of hydrogen-bond donors (Lipinski definition) is 0. The van der Waals surface area contributed by atoms with Crippen LogP contribution in [0.15, 0.2) is 0 Å². The molecule has 0 heterocycles. The zero-order valence-corrected chi connectivity index (χ0v) is 12.5. The van der Waals surface area contributed by atoms with Crippen molar-refractivity contribution in [1.82, 2.24) is 4.90 Å². The van der Waals surface area contributed by atoms with E-state index in [1.165, 1.54) is 12.8 Å². The molecule has 0 aliphatic rings. The van der Waals surface area contributed by atoms with Gasteiger partial charge in [-0.15, -0.1) is 0 Å². The van der Waals surface area contributed by atoms with Crippen LogP contribution < -0.4 is 0 Å². The largest absolute Gasteiger partial charge is 0.342 e. The summed E-state index contributed by atoms with van der Waals surface area (Å²) in [6.45, 7) is 12.5. The molecule has 2 heteroatoms. The van der Waals surface area contributed by atoms with Gasteiger partial charge in [0, 0.05) is 18.5 Å². The Morgan fingerprint density at radius 2 is 1.47 bits per heavy atom. The molecule has 0 radical (unpaired) electrons. The number of hydrogen-bond acceptors (Lipinski definition) is 1. The predicted octanol–water partition coefficient (Wildman–Crippen LogP) is 4.24. The number of carbonyl (C=O) groups is 1. The Hall–Kier alpha value is -0.530. The molecular formula is C15H31NO. The monoisotopic (exact) mass is 241 g/mol. The standard InChI is InChI=1S/C15H31NO/c1-6-9-11-13-16(12-10-7-2)14(17)15(4,5)8-3/h6-13H2,1-5H3. The van der Waals surface area contributed by atoms with Crippen LogP contribution in [-0.2, 0) is 4.79 Å². The van der Waals surface area contributed by atoms with Crippen LogP contribution in [0, 0.1) is 5.41 Å². The Labute approximate surface area is 108 Å². The van der Waals surface area contributed by atoms with E-state index in [1.807, 2.05) is 0 Å². The first-order valence-corrected chi connectivity index (χ1v) is 7.29. The lowest BCUT2D eigenvalue weighted by Gasteiger charge is -2.31. The minimum absolute atomic E-state index is 0.194. The van der Waals surface area contributed by atoms with Crippen molar-refractivity contribution in [2.75, 3.05) is 13.1 Å². The zero-order valence-electron chi connectivity index (χ0n) is 12.5. The molecule has 102 valence electrons. The second-order valence-corrected chi connectivity index (χ2v) is 5.59. The molecule has 0 bridgehead atoms. The molecule has 0 saturated carbocycles. The number of carbonyl (C=O) groups excluding carboxylic acids is 1. The normalized spacial score (nSPS) is 11.6.